The predicted octanol–water partition coefficient (Wildman–Crippen LogP) is 1.12. The Morgan fingerprint density at radius 2 is 2.16 bits per heavy atom. The Morgan fingerprint density at radius 3 is 2.89 bits per heavy atom. The van der Waals surface area contributed by atoms with Crippen LogP contribution in [0.4, 0.5) is 0 Å². The first-order valence-electron chi connectivity index (χ1n) is 8.17. The number of ether oxygens (including phenoxy) is 1. The Labute approximate surface area is 116 Å². The summed E-state index contributed by atoms with van der Waals surface area (Å²) in [5.74, 6) is 8.55. The molecule has 0 radical (unpaired) electrons. The Balaban J connectivity index is 1.44. The van der Waals surface area contributed by atoms with Gasteiger partial charge >= 0.3 is 0 Å². The van der Waals surface area contributed by atoms with Crippen molar-refractivity contribution < 1.29 is 4.74 Å². The fraction of sp³-hybridized carbons (Fsp3) is 1.00. The van der Waals surface area contributed by atoms with Gasteiger partial charge in [0.1, 0.15) is 0 Å². The number of nitrogens with two attached hydrogens (primary N) is 1. The molecular formula is C15H27N3O. The minimum atomic E-state index is 0.309. The van der Waals surface area contributed by atoms with E-state index in [1.165, 1.54) is 45.1 Å². The highest BCUT2D eigenvalue weighted by atomic mass is 16.5. The van der Waals surface area contributed by atoms with Gasteiger partial charge in [-0.25, -0.2) is 0 Å². The summed E-state index contributed by atoms with van der Waals surface area (Å²) >= 11 is 0. The average Bonchev–Trinajstić information content (AvgIpc) is 3.15. The van der Waals surface area contributed by atoms with Crippen LogP contribution in [0.1, 0.15) is 38.5 Å². The molecule has 4 fully saturated rings. The molecule has 3 N–H and O–H groups in total. The van der Waals surface area contributed by atoms with Crippen LogP contribution < -0.4 is 11.3 Å². The highest BCUT2D eigenvalue weighted by Crippen LogP contribution is 2.50. The molecule has 4 nitrogen and oxygen atoms in total. The second-order valence-electron chi connectivity index (χ2n) is 7.19. The van der Waals surface area contributed by atoms with Crippen LogP contribution in [0.5, 0.6) is 0 Å². The topological polar surface area (TPSA) is 50.5 Å². The normalized spacial score (nSPS) is 47.5. The van der Waals surface area contributed by atoms with Crippen molar-refractivity contribution in [2.24, 2.45) is 23.6 Å². The summed E-state index contributed by atoms with van der Waals surface area (Å²) in [4.78, 5) is 2.63. The largest absolute Gasteiger partial charge is 0.374 e. The molecular weight excluding hydrogens is 238 g/mol. The van der Waals surface area contributed by atoms with E-state index < -0.39 is 0 Å². The van der Waals surface area contributed by atoms with E-state index in [4.69, 9.17) is 10.6 Å². The zero-order chi connectivity index (χ0) is 12.8. The van der Waals surface area contributed by atoms with Gasteiger partial charge in [-0.1, -0.05) is 6.42 Å². The average molecular weight is 265 g/mol. The SMILES string of the molecule is NNC(C1CN2CCCC2CO1)C1CC2CCC1C2. The van der Waals surface area contributed by atoms with Gasteiger partial charge in [0.2, 0.25) is 0 Å². The van der Waals surface area contributed by atoms with Crippen LogP contribution in [-0.2, 0) is 4.74 Å². The van der Waals surface area contributed by atoms with Gasteiger partial charge in [-0.2, -0.15) is 0 Å². The molecule has 2 heterocycles. The molecule has 2 aliphatic heterocycles. The second kappa shape index (κ2) is 4.99. The number of rotatable bonds is 3. The Kier molecular flexibility index (Phi) is 3.30. The highest BCUT2D eigenvalue weighted by Gasteiger charge is 2.47. The molecule has 6 unspecified atom stereocenters. The van der Waals surface area contributed by atoms with E-state index in [1.54, 1.807) is 0 Å². The van der Waals surface area contributed by atoms with Crippen molar-refractivity contribution in [3.8, 4) is 0 Å². The number of fused-ring (bicyclic) bond motifs is 3. The molecule has 4 aliphatic rings. The smallest absolute Gasteiger partial charge is 0.0871 e. The minimum absolute atomic E-state index is 0.309. The molecule has 0 amide bonds. The quantitative estimate of drug-likeness (QED) is 0.593. The molecule has 108 valence electrons. The van der Waals surface area contributed by atoms with Crippen LogP contribution in [0.3, 0.4) is 0 Å². The van der Waals surface area contributed by atoms with Gasteiger partial charge in [0.15, 0.2) is 0 Å². The zero-order valence-electron chi connectivity index (χ0n) is 11.8. The molecule has 0 aromatic heterocycles. The maximum absolute atomic E-state index is 6.18. The number of hydrazine groups is 1. The van der Waals surface area contributed by atoms with Crippen LogP contribution in [0.15, 0.2) is 0 Å². The van der Waals surface area contributed by atoms with Crippen LogP contribution in [-0.4, -0.2) is 42.8 Å². The molecule has 2 bridgehead atoms. The van der Waals surface area contributed by atoms with E-state index in [9.17, 15) is 0 Å². The molecule has 0 aromatic rings. The lowest BCUT2D eigenvalue weighted by atomic mass is 9.81. The van der Waals surface area contributed by atoms with Crippen LogP contribution in [0, 0.1) is 17.8 Å². The molecule has 19 heavy (non-hydrogen) atoms. The van der Waals surface area contributed by atoms with Gasteiger partial charge in [-0.05, 0) is 56.4 Å². The molecule has 2 aliphatic carbocycles. The molecule has 2 saturated carbocycles. The van der Waals surface area contributed by atoms with Gasteiger partial charge in [0, 0.05) is 12.6 Å². The van der Waals surface area contributed by atoms with Crippen molar-refractivity contribution in [2.45, 2.75) is 56.7 Å². The van der Waals surface area contributed by atoms with Crippen molar-refractivity contribution in [3.63, 3.8) is 0 Å². The third-order valence-electron chi connectivity index (χ3n) is 6.26. The van der Waals surface area contributed by atoms with Gasteiger partial charge in [0.25, 0.3) is 0 Å². The maximum Gasteiger partial charge on any atom is 0.0871 e. The zero-order valence-corrected chi connectivity index (χ0v) is 11.8. The van der Waals surface area contributed by atoms with E-state index in [0.717, 1.165) is 30.9 Å². The second-order valence-corrected chi connectivity index (χ2v) is 7.19. The lowest BCUT2D eigenvalue weighted by Gasteiger charge is -2.42. The minimum Gasteiger partial charge on any atom is -0.374 e. The van der Waals surface area contributed by atoms with Crippen LogP contribution in [0.25, 0.3) is 0 Å². The number of hydrogen-bond donors (Lipinski definition) is 2. The summed E-state index contributed by atoms with van der Waals surface area (Å²) < 4.78 is 6.18. The fourth-order valence-corrected chi connectivity index (χ4v) is 5.30. The summed E-state index contributed by atoms with van der Waals surface area (Å²) in [6.07, 6.45) is 8.68. The van der Waals surface area contributed by atoms with Gasteiger partial charge < -0.3 is 4.74 Å². The highest BCUT2D eigenvalue weighted by molar-refractivity contribution is 4.99. The van der Waals surface area contributed by atoms with Gasteiger partial charge in [-0.3, -0.25) is 16.2 Å². The van der Waals surface area contributed by atoms with Gasteiger partial charge in [0.05, 0.1) is 18.8 Å². The summed E-state index contributed by atoms with van der Waals surface area (Å²) in [7, 11) is 0. The Bertz CT molecular complexity index is 337. The lowest BCUT2D eigenvalue weighted by Crippen LogP contribution is -2.58. The number of morpholine rings is 1. The Hall–Kier alpha value is -0.160. The van der Waals surface area contributed by atoms with E-state index in [2.05, 4.69) is 10.3 Å². The first-order valence-corrected chi connectivity index (χ1v) is 8.17. The van der Waals surface area contributed by atoms with E-state index in [1.807, 2.05) is 0 Å². The fourth-order valence-electron chi connectivity index (χ4n) is 5.30. The standard InChI is InChI=1S/C15H27N3O/c16-17-15(13-7-10-3-4-11(13)6-10)14-8-18-5-1-2-12(18)9-19-14/h10-15,17H,1-9,16H2. The van der Waals surface area contributed by atoms with E-state index >= 15 is 0 Å². The van der Waals surface area contributed by atoms with Gasteiger partial charge in [-0.15, -0.1) is 0 Å². The first-order chi connectivity index (χ1) is 9.35. The first kappa shape index (κ1) is 12.6. The van der Waals surface area contributed by atoms with Crippen molar-refractivity contribution in [3.05, 3.63) is 0 Å². The van der Waals surface area contributed by atoms with E-state index in [-0.39, 0.29) is 0 Å². The van der Waals surface area contributed by atoms with Crippen molar-refractivity contribution in [1.82, 2.24) is 10.3 Å². The van der Waals surface area contributed by atoms with E-state index in [0.29, 0.717) is 18.2 Å². The molecule has 4 rings (SSSR count). The lowest BCUT2D eigenvalue weighted by molar-refractivity contribution is -0.0773. The predicted molar refractivity (Wildman–Crippen MR) is 74.4 cm³/mol. The van der Waals surface area contributed by atoms with Crippen molar-refractivity contribution in [2.75, 3.05) is 19.7 Å². The maximum atomic E-state index is 6.18. The summed E-state index contributed by atoms with van der Waals surface area (Å²) in [6, 6.07) is 1.06. The molecule has 2 saturated heterocycles. The molecule has 6 atom stereocenters. The Morgan fingerprint density at radius 1 is 1.21 bits per heavy atom. The number of hydrogen-bond acceptors (Lipinski definition) is 4. The number of nitrogens with zero attached hydrogens (tertiary/aromatic N) is 1. The monoisotopic (exact) mass is 265 g/mol. The van der Waals surface area contributed by atoms with Crippen molar-refractivity contribution >= 4 is 0 Å². The summed E-state index contributed by atoms with van der Waals surface area (Å²) in [5.41, 5.74) is 3.13. The van der Waals surface area contributed by atoms with Crippen LogP contribution >= 0.6 is 0 Å². The summed E-state index contributed by atoms with van der Waals surface area (Å²) in [5, 5.41) is 0. The third-order valence-corrected chi connectivity index (χ3v) is 6.26. The third kappa shape index (κ3) is 2.13. The molecule has 4 heteroatoms. The number of nitrogens with one attached hydrogen (secondary N) is 1. The molecule has 0 spiro atoms. The summed E-state index contributed by atoms with van der Waals surface area (Å²) in [6.45, 7) is 3.27. The molecule has 0 aromatic carbocycles. The van der Waals surface area contributed by atoms with Crippen molar-refractivity contribution in [1.29, 1.82) is 0 Å². The van der Waals surface area contributed by atoms with Crippen LogP contribution in [0.2, 0.25) is 0 Å².